The third kappa shape index (κ3) is 1.89. The molecule has 1 saturated carbocycles. The van der Waals surface area contributed by atoms with Gasteiger partial charge in [-0.05, 0) is 18.8 Å². The van der Waals surface area contributed by atoms with Crippen LogP contribution in [0.4, 0.5) is 0 Å². The molecule has 1 saturated heterocycles. The molecular weight excluding hydrogens is 182 g/mol. The van der Waals surface area contributed by atoms with Crippen LogP contribution in [0.15, 0.2) is 0 Å². The van der Waals surface area contributed by atoms with E-state index in [1.807, 2.05) is 0 Å². The van der Waals surface area contributed by atoms with E-state index in [1.165, 1.54) is 20.0 Å². The Morgan fingerprint density at radius 1 is 1.57 bits per heavy atom. The summed E-state index contributed by atoms with van der Waals surface area (Å²) in [5.74, 6) is 0.311. The topological polar surface area (TPSA) is 46.6 Å². The van der Waals surface area contributed by atoms with Gasteiger partial charge in [-0.3, -0.25) is 9.59 Å². The number of likely N-dealkylation sites (tertiary alicyclic amines) is 1. The molecule has 0 spiro atoms. The van der Waals surface area contributed by atoms with Crippen LogP contribution in [0, 0.1) is 11.8 Å². The van der Waals surface area contributed by atoms with Crippen molar-refractivity contribution in [2.24, 2.45) is 11.8 Å². The molecule has 78 valence electrons. The molecule has 0 radical (unpaired) electrons. The number of amides is 1. The number of carbonyl (C=O) groups excluding carboxylic acids is 2. The van der Waals surface area contributed by atoms with Crippen LogP contribution in [0.3, 0.4) is 0 Å². The van der Waals surface area contributed by atoms with Crippen LogP contribution >= 0.6 is 0 Å². The Bertz CT molecular complexity index is 260. The third-order valence-electron chi connectivity index (χ3n) is 2.92. The number of methoxy groups -OCH3 is 1. The maximum Gasteiger partial charge on any atom is 0.310 e. The fourth-order valence-corrected chi connectivity index (χ4v) is 1.89. The molecule has 0 aromatic heterocycles. The van der Waals surface area contributed by atoms with Gasteiger partial charge in [0.2, 0.25) is 5.91 Å². The molecule has 1 heterocycles. The van der Waals surface area contributed by atoms with E-state index in [0.717, 1.165) is 6.54 Å². The van der Waals surface area contributed by atoms with Crippen molar-refractivity contribution in [2.45, 2.75) is 19.3 Å². The van der Waals surface area contributed by atoms with Crippen molar-refractivity contribution < 1.29 is 14.3 Å². The zero-order valence-corrected chi connectivity index (χ0v) is 8.36. The molecule has 0 bridgehead atoms. The predicted octanol–water partition coefficient (Wildman–Crippen LogP) is 0.418. The van der Waals surface area contributed by atoms with E-state index in [2.05, 4.69) is 4.74 Å². The molecule has 2 rings (SSSR count). The highest BCUT2D eigenvalue weighted by Gasteiger charge is 2.37. The highest BCUT2D eigenvalue weighted by atomic mass is 16.5. The van der Waals surface area contributed by atoms with Crippen molar-refractivity contribution in [3.8, 4) is 0 Å². The molecule has 4 nitrogen and oxygen atoms in total. The van der Waals surface area contributed by atoms with Crippen molar-refractivity contribution >= 4 is 11.9 Å². The first-order valence-corrected chi connectivity index (χ1v) is 5.06. The SMILES string of the molecule is COC(=O)C1CC(=O)N(CC2CC2)C1. The normalized spacial score (nSPS) is 26.8. The molecule has 2 aliphatic rings. The minimum Gasteiger partial charge on any atom is -0.469 e. The molecular formula is C10H15NO3. The fourth-order valence-electron chi connectivity index (χ4n) is 1.89. The van der Waals surface area contributed by atoms with Crippen molar-refractivity contribution in [2.75, 3.05) is 20.2 Å². The highest BCUT2D eigenvalue weighted by molar-refractivity contribution is 5.86. The van der Waals surface area contributed by atoms with Crippen LogP contribution in [0.2, 0.25) is 0 Å². The maximum absolute atomic E-state index is 11.5. The van der Waals surface area contributed by atoms with Crippen LogP contribution in [-0.2, 0) is 14.3 Å². The smallest absolute Gasteiger partial charge is 0.310 e. The number of hydrogen-bond donors (Lipinski definition) is 0. The van der Waals surface area contributed by atoms with Gasteiger partial charge in [-0.1, -0.05) is 0 Å². The fraction of sp³-hybridized carbons (Fsp3) is 0.800. The Morgan fingerprint density at radius 2 is 2.29 bits per heavy atom. The van der Waals surface area contributed by atoms with Gasteiger partial charge in [0, 0.05) is 19.5 Å². The summed E-state index contributed by atoms with van der Waals surface area (Å²) in [6.07, 6.45) is 2.79. The molecule has 1 amide bonds. The zero-order valence-electron chi connectivity index (χ0n) is 8.36. The summed E-state index contributed by atoms with van der Waals surface area (Å²) in [5.41, 5.74) is 0. The molecule has 1 unspecified atom stereocenters. The van der Waals surface area contributed by atoms with Crippen LogP contribution in [-0.4, -0.2) is 37.0 Å². The summed E-state index contributed by atoms with van der Waals surface area (Å²) in [6, 6.07) is 0. The van der Waals surface area contributed by atoms with Gasteiger partial charge >= 0.3 is 5.97 Å². The van der Waals surface area contributed by atoms with Crippen LogP contribution in [0.5, 0.6) is 0 Å². The Kier molecular flexibility index (Phi) is 2.44. The third-order valence-corrected chi connectivity index (χ3v) is 2.92. The summed E-state index contributed by atoms with van der Waals surface area (Å²) in [4.78, 5) is 24.5. The molecule has 14 heavy (non-hydrogen) atoms. The largest absolute Gasteiger partial charge is 0.469 e. The molecule has 1 aliphatic carbocycles. The van der Waals surface area contributed by atoms with Gasteiger partial charge in [0.15, 0.2) is 0 Å². The lowest BCUT2D eigenvalue weighted by atomic mass is 10.1. The molecule has 0 aromatic rings. The molecule has 2 fully saturated rings. The van der Waals surface area contributed by atoms with Crippen LogP contribution in [0.25, 0.3) is 0 Å². The molecule has 1 aliphatic heterocycles. The average Bonchev–Trinajstić information content (AvgIpc) is 2.91. The highest BCUT2D eigenvalue weighted by Crippen LogP contribution is 2.32. The summed E-state index contributed by atoms with van der Waals surface area (Å²) < 4.78 is 4.63. The maximum atomic E-state index is 11.5. The predicted molar refractivity (Wildman–Crippen MR) is 49.4 cm³/mol. The Labute approximate surface area is 83.2 Å². The van der Waals surface area contributed by atoms with E-state index < -0.39 is 0 Å². The second-order valence-electron chi connectivity index (χ2n) is 4.17. The summed E-state index contributed by atoms with van der Waals surface area (Å²) in [7, 11) is 1.37. The minimum absolute atomic E-state index is 0.104. The Balaban J connectivity index is 1.88. The number of hydrogen-bond acceptors (Lipinski definition) is 3. The zero-order chi connectivity index (χ0) is 10.1. The lowest BCUT2D eigenvalue weighted by Gasteiger charge is -2.15. The number of rotatable bonds is 3. The quantitative estimate of drug-likeness (QED) is 0.616. The van der Waals surface area contributed by atoms with E-state index in [9.17, 15) is 9.59 Å². The first-order chi connectivity index (χ1) is 6.70. The average molecular weight is 197 g/mol. The summed E-state index contributed by atoms with van der Waals surface area (Å²) in [5, 5.41) is 0. The number of nitrogens with zero attached hydrogens (tertiary/aromatic N) is 1. The number of esters is 1. The van der Waals surface area contributed by atoms with E-state index in [0.29, 0.717) is 18.9 Å². The second-order valence-corrected chi connectivity index (χ2v) is 4.17. The molecule has 4 heteroatoms. The monoisotopic (exact) mass is 197 g/mol. The number of carbonyl (C=O) groups is 2. The first kappa shape index (κ1) is 9.49. The minimum atomic E-state index is -0.253. The van der Waals surface area contributed by atoms with Gasteiger partial charge < -0.3 is 9.64 Å². The molecule has 0 N–H and O–H groups in total. The molecule has 1 atom stereocenters. The Morgan fingerprint density at radius 3 is 2.86 bits per heavy atom. The number of ether oxygens (including phenoxy) is 1. The molecule has 0 aromatic carbocycles. The van der Waals surface area contributed by atoms with E-state index in [-0.39, 0.29) is 17.8 Å². The van der Waals surface area contributed by atoms with E-state index >= 15 is 0 Å². The van der Waals surface area contributed by atoms with Crippen molar-refractivity contribution in [3.63, 3.8) is 0 Å². The second kappa shape index (κ2) is 3.59. The standard InChI is InChI=1S/C10H15NO3/c1-14-10(13)8-4-9(12)11(6-8)5-7-2-3-7/h7-8H,2-6H2,1H3. The Hall–Kier alpha value is -1.06. The lowest BCUT2D eigenvalue weighted by Crippen LogP contribution is -2.28. The van der Waals surface area contributed by atoms with Gasteiger partial charge in [0.25, 0.3) is 0 Å². The summed E-state index contributed by atoms with van der Waals surface area (Å²) in [6.45, 7) is 1.40. The van der Waals surface area contributed by atoms with Gasteiger partial charge in [-0.2, -0.15) is 0 Å². The van der Waals surface area contributed by atoms with Crippen molar-refractivity contribution in [1.29, 1.82) is 0 Å². The van der Waals surface area contributed by atoms with E-state index in [1.54, 1.807) is 4.90 Å². The van der Waals surface area contributed by atoms with Gasteiger partial charge in [0.05, 0.1) is 13.0 Å². The van der Waals surface area contributed by atoms with Gasteiger partial charge in [-0.25, -0.2) is 0 Å². The van der Waals surface area contributed by atoms with Crippen molar-refractivity contribution in [3.05, 3.63) is 0 Å². The first-order valence-electron chi connectivity index (χ1n) is 5.06. The van der Waals surface area contributed by atoms with Crippen LogP contribution in [0.1, 0.15) is 19.3 Å². The van der Waals surface area contributed by atoms with Crippen LogP contribution < -0.4 is 0 Å². The van der Waals surface area contributed by atoms with Gasteiger partial charge in [-0.15, -0.1) is 0 Å². The van der Waals surface area contributed by atoms with Gasteiger partial charge in [0.1, 0.15) is 0 Å². The van der Waals surface area contributed by atoms with Crippen molar-refractivity contribution in [1.82, 2.24) is 4.90 Å². The lowest BCUT2D eigenvalue weighted by molar-refractivity contribution is -0.145. The van der Waals surface area contributed by atoms with E-state index in [4.69, 9.17) is 0 Å². The summed E-state index contributed by atoms with van der Waals surface area (Å²) >= 11 is 0.